The van der Waals surface area contributed by atoms with E-state index >= 15 is 0 Å². The number of nitrogens with zero attached hydrogens (tertiary/aromatic N) is 1. The molecule has 0 aromatic heterocycles. The summed E-state index contributed by atoms with van der Waals surface area (Å²) in [5, 5.41) is 3.07. The van der Waals surface area contributed by atoms with Gasteiger partial charge in [0.05, 0.1) is 5.54 Å². The van der Waals surface area contributed by atoms with Gasteiger partial charge in [-0.25, -0.2) is 0 Å². The second kappa shape index (κ2) is 8.35. The SMILES string of the molecule is C=CCN(CC=C)C(CNC(=O)C1(N)CCCC1)C(C)C. The Morgan fingerprint density at radius 3 is 2.24 bits per heavy atom. The molecule has 0 spiro atoms. The van der Waals surface area contributed by atoms with Crippen LogP contribution in [0.25, 0.3) is 0 Å². The number of carbonyl (C=O) groups excluding carboxylic acids is 1. The highest BCUT2D eigenvalue weighted by Crippen LogP contribution is 2.27. The van der Waals surface area contributed by atoms with Gasteiger partial charge in [0.15, 0.2) is 0 Å². The Morgan fingerprint density at radius 1 is 1.29 bits per heavy atom. The molecular formula is C17H31N3O. The minimum atomic E-state index is -0.650. The van der Waals surface area contributed by atoms with Gasteiger partial charge in [-0.3, -0.25) is 9.69 Å². The third-order valence-electron chi connectivity index (χ3n) is 4.39. The summed E-state index contributed by atoms with van der Waals surface area (Å²) >= 11 is 0. The lowest BCUT2D eigenvalue weighted by molar-refractivity contribution is -0.126. The summed E-state index contributed by atoms with van der Waals surface area (Å²) in [7, 11) is 0. The van der Waals surface area contributed by atoms with Crippen molar-refractivity contribution in [3.8, 4) is 0 Å². The number of nitrogens with two attached hydrogens (primary N) is 1. The minimum absolute atomic E-state index is 0.00260. The van der Waals surface area contributed by atoms with E-state index in [9.17, 15) is 4.79 Å². The van der Waals surface area contributed by atoms with Crippen LogP contribution >= 0.6 is 0 Å². The Morgan fingerprint density at radius 2 is 1.81 bits per heavy atom. The molecule has 1 atom stereocenters. The van der Waals surface area contributed by atoms with Crippen molar-refractivity contribution in [1.29, 1.82) is 0 Å². The molecule has 1 aliphatic rings. The van der Waals surface area contributed by atoms with E-state index in [4.69, 9.17) is 5.73 Å². The summed E-state index contributed by atoms with van der Waals surface area (Å²) in [5.41, 5.74) is 5.55. The molecule has 120 valence electrons. The third kappa shape index (κ3) is 4.97. The van der Waals surface area contributed by atoms with Gasteiger partial charge < -0.3 is 11.1 Å². The summed E-state index contributed by atoms with van der Waals surface area (Å²) < 4.78 is 0. The van der Waals surface area contributed by atoms with Crippen molar-refractivity contribution in [3.05, 3.63) is 25.3 Å². The van der Waals surface area contributed by atoms with Crippen LogP contribution in [0, 0.1) is 5.92 Å². The second-order valence-electron chi connectivity index (χ2n) is 6.42. The highest BCUT2D eigenvalue weighted by Gasteiger charge is 2.37. The Hall–Kier alpha value is -1.13. The molecule has 0 bridgehead atoms. The van der Waals surface area contributed by atoms with Crippen molar-refractivity contribution in [2.24, 2.45) is 11.7 Å². The Labute approximate surface area is 129 Å². The highest BCUT2D eigenvalue weighted by atomic mass is 16.2. The smallest absolute Gasteiger partial charge is 0.240 e. The van der Waals surface area contributed by atoms with E-state index in [1.54, 1.807) is 0 Å². The molecule has 4 nitrogen and oxygen atoms in total. The van der Waals surface area contributed by atoms with Gasteiger partial charge in [-0.2, -0.15) is 0 Å². The molecule has 1 unspecified atom stereocenters. The van der Waals surface area contributed by atoms with Crippen molar-refractivity contribution >= 4 is 5.91 Å². The largest absolute Gasteiger partial charge is 0.353 e. The third-order valence-corrected chi connectivity index (χ3v) is 4.39. The van der Waals surface area contributed by atoms with Crippen molar-refractivity contribution in [2.45, 2.75) is 51.1 Å². The van der Waals surface area contributed by atoms with Crippen LogP contribution < -0.4 is 11.1 Å². The van der Waals surface area contributed by atoms with Crippen LogP contribution in [0.1, 0.15) is 39.5 Å². The van der Waals surface area contributed by atoms with E-state index in [2.05, 4.69) is 37.2 Å². The molecule has 0 radical (unpaired) electrons. The lowest BCUT2D eigenvalue weighted by Crippen LogP contribution is -2.55. The van der Waals surface area contributed by atoms with E-state index in [0.29, 0.717) is 12.5 Å². The molecule has 0 saturated heterocycles. The van der Waals surface area contributed by atoms with Crippen LogP contribution in [0.3, 0.4) is 0 Å². The van der Waals surface area contributed by atoms with Gasteiger partial charge in [0.1, 0.15) is 0 Å². The number of hydrogen-bond acceptors (Lipinski definition) is 3. The van der Waals surface area contributed by atoms with Crippen LogP contribution in [-0.4, -0.2) is 42.0 Å². The Kier molecular flexibility index (Phi) is 7.12. The zero-order valence-electron chi connectivity index (χ0n) is 13.6. The first-order chi connectivity index (χ1) is 9.94. The topological polar surface area (TPSA) is 58.4 Å². The lowest BCUT2D eigenvalue weighted by atomic mass is 9.97. The van der Waals surface area contributed by atoms with Gasteiger partial charge in [-0.1, -0.05) is 38.8 Å². The Balaban J connectivity index is 2.63. The standard InChI is InChI=1S/C17H31N3O/c1-5-11-20(12-6-2)15(14(3)4)13-19-16(21)17(18)9-7-8-10-17/h5-6,14-15H,1-2,7-13,18H2,3-4H3,(H,19,21). The predicted molar refractivity (Wildman–Crippen MR) is 89.0 cm³/mol. The van der Waals surface area contributed by atoms with E-state index < -0.39 is 5.54 Å². The van der Waals surface area contributed by atoms with Crippen molar-refractivity contribution in [1.82, 2.24) is 10.2 Å². The molecule has 4 heteroatoms. The molecular weight excluding hydrogens is 262 g/mol. The summed E-state index contributed by atoms with van der Waals surface area (Å²) in [6.07, 6.45) is 7.49. The summed E-state index contributed by atoms with van der Waals surface area (Å²) in [6.45, 7) is 14.2. The number of nitrogens with one attached hydrogen (secondary N) is 1. The second-order valence-corrected chi connectivity index (χ2v) is 6.42. The van der Waals surface area contributed by atoms with E-state index in [1.165, 1.54) is 0 Å². The lowest BCUT2D eigenvalue weighted by Gasteiger charge is -2.34. The van der Waals surface area contributed by atoms with Gasteiger partial charge >= 0.3 is 0 Å². The van der Waals surface area contributed by atoms with Crippen LogP contribution in [0.4, 0.5) is 0 Å². The fourth-order valence-corrected chi connectivity index (χ4v) is 3.07. The first-order valence-electron chi connectivity index (χ1n) is 7.97. The summed E-state index contributed by atoms with van der Waals surface area (Å²) in [5.74, 6) is 0.435. The van der Waals surface area contributed by atoms with Crippen LogP contribution in [0.15, 0.2) is 25.3 Å². The zero-order valence-corrected chi connectivity index (χ0v) is 13.6. The molecule has 0 aromatic rings. The fraction of sp³-hybridized carbons (Fsp3) is 0.706. The van der Waals surface area contributed by atoms with Gasteiger partial charge in [0.2, 0.25) is 5.91 Å². The maximum atomic E-state index is 12.3. The molecule has 0 aromatic carbocycles. The monoisotopic (exact) mass is 293 g/mol. The average molecular weight is 293 g/mol. The van der Waals surface area contributed by atoms with E-state index in [-0.39, 0.29) is 11.9 Å². The van der Waals surface area contributed by atoms with Gasteiger partial charge in [-0.15, -0.1) is 13.2 Å². The molecule has 1 saturated carbocycles. The molecule has 1 aliphatic carbocycles. The van der Waals surface area contributed by atoms with Crippen molar-refractivity contribution < 1.29 is 4.79 Å². The average Bonchev–Trinajstić information content (AvgIpc) is 2.87. The van der Waals surface area contributed by atoms with Gasteiger partial charge in [0.25, 0.3) is 0 Å². The maximum absolute atomic E-state index is 12.3. The van der Waals surface area contributed by atoms with Crippen molar-refractivity contribution in [2.75, 3.05) is 19.6 Å². The molecule has 1 rings (SSSR count). The van der Waals surface area contributed by atoms with Crippen LogP contribution in [0.5, 0.6) is 0 Å². The minimum Gasteiger partial charge on any atom is -0.353 e. The van der Waals surface area contributed by atoms with Crippen LogP contribution in [0.2, 0.25) is 0 Å². The number of amides is 1. The summed E-state index contributed by atoms with van der Waals surface area (Å²) in [6, 6.07) is 0.259. The summed E-state index contributed by atoms with van der Waals surface area (Å²) in [4.78, 5) is 14.6. The van der Waals surface area contributed by atoms with Gasteiger partial charge in [-0.05, 0) is 18.8 Å². The molecule has 21 heavy (non-hydrogen) atoms. The predicted octanol–water partition coefficient (Wildman–Crippen LogP) is 2.07. The fourth-order valence-electron chi connectivity index (χ4n) is 3.07. The molecule has 1 amide bonds. The van der Waals surface area contributed by atoms with Crippen molar-refractivity contribution in [3.63, 3.8) is 0 Å². The normalized spacial score (nSPS) is 18.7. The highest BCUT2D eigenvalue weighted by molar-refractivity contribution is 5.86. The number of carbonyl (C=O) groups is 1. The number of hydrogen-bond donors (Lipinski definition) is 2. The molecule has 0 aliphatic heterocycles. The van der Waals surface area contributed by atoms with Crippen LogP contribution in [-0.2, 0) is 4.79 Å². The first kappa shape index (κ1) is 17.9. The molecule has 1 fully saturated rings. The molecule has 3 N–H and O–H groups in total. The number of rotatable bonds is 9. The quantitative estimate of drug-likeness (QED) is 0.640. The Bertz CT molecular complexity index is 349. The zero-order chi connectivity index (χ0) is 15.9. The maximum Gasteiger partial charge on any atom is 0.240 e. The molecule has 0 heterocycles. The first-order valence-corrected chi connectivity index (χ1v) is 7.97. The van der Waals surface area contributed by atoms with E-state index in [1.807, 2.05) is 12.2 Å². The van der Waals surface area contributed by atoms with E-state index in [0.717, 1.165) is 38.8 Å². The van der Waals surface area contributed by atoms with Gasteiger partial charge in [0, 0.05) is 25.7 Å².